The molecule has 2 amide bonds. The summed E-state index contributed by atoms with van der Waals surface area (Å²) in [6, 6.07) is -0.280. The van der Waals surface area contributed by atoms with Crippen molar-refractivity contribution >= 4 is 12.0 Å². The molecule has 2 N–H and O–H groups in total. The topological polar surface area (TPSA) is 95.7 Å². The van der Waals surface area contributed by atoms with Crippen LogP contribution in [0.4, 0.5) is 4.79 Å². The summed E-state index contributed by atoms with van der Waals surface area (Å²) < 4.78 is 5.35. The van der Waals surface area contributed by atoms with Gasteiger partial charge in [-0.2, -0.15) is 0 Å². The molecule has 19 heavy (non-hydrogen) atoms. The van der Waals surface area contributed by atoms with Crippen molar-refractivity contribution < 1.29 is 19.1 Å². The van der Waals surface area contributed by atoms with Crippen LogP contribution in [0.3, 0.4) is 0 Å². The minimum Gasteiger partial charge on any atom is -0.481 e. The lowest BCUT2D eigenvalue weighted by atomic mass is 10.1. The summed E-state index contributed by atoms with van der Waals surface area (Å²) >= 11 is 0. The molecule has 1 atom stereocenters. The molecular formula is C12H17N3O4. The van der Waals surface area contributed by atoms with E-state index in [2.05, 4.69) is 10.3 Å². The van der Waals surface area contributed by atoms with Crippen molar-refractivity contribution in [1.29, 1.82) is 0 Å². The third kappa shape index (κ3) is 3.04. The summed E-state index contributed by atoms with van der Waals surface area (Å²) in [5, 5.41) is 11.5. The molecule has 104 valence electrons. The van der Waals surface area contributed by atoms with E-state index in [1.807, 2.05) is 13.8 Å². The van der Waals surface area contributed by atoms with Crippen LogP contribution in [0.5, 0.6) is 0 Å². The highest BCUT2D eigenvalue weighted by atomic mass is 16.4. The van der Waals surface area contributed by atoms with E-state index >= 15 is 0 Å². The molecule has 0 radical (unpaired) electrons. The number of aliphatic carboxylic acids is 1. The normalized spacial score (nSPS) is 18.6. The number of carboxylic acids is 1. The van der Waals surface area contributed by atoms with Gasteiger partial charge in [0.05, 0.1) is 18.2 Å². The van der Waals surface area contributed by atoms with Gasteiger partial charge in [0.25, 0.3) is 0 Å². The second-order valence-corrected chi connectivity index (χ2v) is 4.68. The maximum Gasteiger partial charge on any atom is 0.317 e. The number of likely N-dealkylation sites (tertiary alicyclic amines) is 1. The molecule has 1 saturated heterocycles. The van der Waals surface area contributed by atoms with E-state index in [1.54, 1.807) is 0 Å². The highest BCUT2D eigenvalue weighted by Crippen LogP contribution is 2.16. The van der Waals surface area contributed by atoms with Crippen LogP contribution in [-0.2, 0) is 11.3 Å². The molecule has 2 heterocycles. The lowest BCUT2D eigenvalue weighted by Gasteiger charge is -2.15. The fraction of sp³-hybridized carbons (Fsp3) is 0.583. The van der Waals surface area contributed by atoms with E-state index in [-0.39, 0.29) is 19.1 Å². The summed E-state index contributed by atoms with van der Waals surface area (Å²) in [4.78, 5) is 28.3. The van der Waals surface area contributed by atoms with Gasteiger partial charge in [0, 0.05) is 13.1 Å². The van der Waals surface area contributed by atoms with Crippen LogP contribution in [-0.4, -0.2) is 40.1 Å². The first kappa shape index (κ1) is 13.4. The van der Waals surface area contributed by atoms with Gasteiger partial charge in [0.1, 0.15) is 5.76 Å². The van der Waals surface area contributed by atoms with Crippen LogP contribution in [0.2, 0.25) is 0 Å². The van der Waals surface area contributed by atoms with Gasteiger partial charge in [0.15, 0.2) is 0 Å². The third-order valence-corrected chi connectivity index (χ3v) is 3.29. The van der Waals surface area contributed by atoms with E-state index in [0.717, 1.165) is 11.5 Å². The highest BCUT2D eigenvalue weighted by Gasteiger charge is 2.30. The van der Waals surface area contributed by atoms with Gasteiger partial charge in [0.2, 0.25) is 5.89 Å². The fourth-order valence-electron chi connectivity index (χ4n) is 2.02. The van der Waals surface area contributed by atoms with E-state index in [1.165, 1.54) is 4.90 Å². The molecule has 2 rings (SSSR count). The molecule has 0 bridgehead atoms. The van der Waals surface area contributed by atoms with E-state index in [4.69, 9.17) is 9.52 Å². The molecule has 1 aliphatic rings. The van der Waals surface area contributed by atoms with Crippen LogP contribution in [0.25, 0.3) is 0 Å². The van der Waals surface area contributed by atoms with Crippen molar-refractivity contribution in [2.24, 2.45) is 5.92 Å². The molecule has 1 aliphatic heterocycles. The first-order chi connectivity index (χ1) is 8.97. The highest BCUT2D eigenvalue weighted by molar-refractivity contribution is 5.77. The van der Waals surface area contributed by atoms with Crippen LogP contribution in [0.1, 0.15) is 23.8 Å². The number of carbonyl (C=O) groups excluding carboxylic acids is 1. The standard InChI is InChI=1S/C12H17N3O4/c1-7-8(2)19-10(14-7)5-13-12(18)15-4-3-9(6-15)11(16)17/h9H,3-6H2,1-2H3,(H,13,18)(H,16,17). The number of carboxylic acid groups (broad SMARTS) is 1. The Kier molecular flexibility index (Phi) is 3.73. The summed E-state index contributed by atoms with van der Waals surface area (Å²) in [5.41, 5.74) is 0.802. The van der Waals surface area contributed by atoms with Gasteiger partial charge in [-0.1, -0.05) is 0 Å². The van der Waals surface area contributed by atoms with Crippen molar-refractivity contribution in [1.82, 2.24) is 15.2 Å². The Morgan fingerprint density at radius 1 is 1.53 bits per heavy atom. The molecule has 0 saturated carbocycles. The summed E-state index contributed by atoms with van der Waals surface area (Å²) in [5.74, 6) is -0.125. The maximum absolute atomic E-state index is 11.8. The van der Waals surface area contributed by atoms with Crippen molar-refractivity contribution in [2.45, 2.75) is 26.8 Å². The average Bonchev–Trinajstić information content (AvgIpc) is 2.95. The fourth-order valence-corrected chi connectivity index (χ4v) is 2.02. The number of hydrogen-bond acceptors (Lipinski definition) is 4. The minimum atomic E-state index is -0.853. The van der Waals surface area contributed by atoms with Crippen molar-refractivity contribution in [3.8, 4) is 0 Å². The number of urea groups is 1. The molecule has 0 spiro atoms. The predicted molar refractivity (Wildman–Crippen MR) is 65.5 cm³/mol. The van der Waals surface area contributed by atoms with E-state index < -0.39 is 11.9 Å². The number of nitrogens with zero attached hydrogens (tertiary/aromatic N) is 2. The zero-order valence-electron chi connectivity index (χ0n) is 11.0. The van der Waals surface area contributed by atoms with Crippen molar-refractivity contribution in [3.05, 3.63) is 17.3 Å². The maximum atomic E-state index is 11.8. The average molecular weight is 267 g/mol. The molecule has 7 nitrogen and oxygen atoms in total. The molecule has 1 unspecified atom stereocenters. The number of aromatic nitrogens is 1. The Hall–Kier alpha value is -2.05. The Bertz CT molecular complexity index is 478. The SMILES string of the molecule is Cc1nc(CNC(=O)N2CCC(C(=O)O)C2)oc1C. The summed E-state index contributed by atoms with van der Waals surface area (Å²) in [7, 11) is 0. The van der Waals surface area contributed by atoms with Gasteiger partial charge >= 0.3 is 12.0 Å². The molecule has 0 aliphatic carbocycles. The second-order valence-electron chi connectivity index (χ2n) is 4.68. The monoisotopic (exact) mass is 267 g/mol. The number of oxazole rings is 1. The van der Waals surface area contributed by atoms with Gasteiger partial charge in [-0.15, -0.1) is 0 Å². The van der Waals surface area contributed by atoms with Crippen LogP contribution < -0.4 is 5.32 Å². The third-order valence-electron chi connectivity index (χ3n) is 3.29. The lowest BCUT2D eigenvalue weighted by Crippen LogP contribution is -2.38. The van der Waals surface area contributed by atoms with E-state index in [0.29, 0.717) is 18.9 Å². The van der Waals surface area contributed by atoms with Gasteiger partial charge in [-0.05, 0) is 20.3 Å². The molecule has 1 aromatic heterocycles. The minimum absolute atomic E-state index is 0.210. The molecular weight excluding hydrogens is 250 g/mol. The first-order valence-corrected chi connectivity index (χ1v) is 6.16. The number of amides is 2. The quantitative estimate of drug-likeness (QED) is 0.848. The number of nitrogens with one attached hydrogen (secondary N) is 1. The van der Waals surface area contributed by atoms with E-state index in [9.17, 15) is 9.59 Å². The Morgan fingerprint density at radius 3 is 2.79 bits per heavy atom. The molecule has 7 heteroatoms. The summed E-state index contributed by atoms with van der Waals surface area (Å²) in [6.45, 7) is 4.58. The molecule has 1 fully saturated rings. The van der Waals surface area contributed by atoms with Crippen LogP contribution in [0, 0.1) is 19.8 Å². The van der Waals surface area contributed by atoms with Crippen molar-refractivity contribution in [2.75, 3.05) is 13.1 Å². The van der Waals surface area contributed by atoms with Crippen LogP contribution >= 0.6 is 0 Å². The Labute approximate surface area is 110 Å². The molecule has 0 aromatic carbocycles. The lowest BCUT2D eigenvalue weighted by molar-refractivity contribution is -0.141. The number of carbonyl (C=O) groups is 2. The smallest absolute Gasteiger partial charge is 0.317 e. The largest absolute Gasteiger partial charge is 0.481 e. The van der Waals surface area contributed by atoms with Gasteiger partial charge in [-0.25, -0.2) is 9.78 Å². The number of rotatable bonds is 3. The molecule has 1 aromatic rings. The van der Waals surface area contributed by atoms with Crippen molar-refractivity contribution in [3.63, 3.8) is 0 Å². The number of hydrogen-bond donors (Lipinski definition) is 2. The van der Waals surface area contributed by atoms with Crippen LogP contribution in [0.15, 0.2) is 4.42 Å². The number of aryl methyl sites for hydroxylation is 2. The van der Waals surface area contributed by atoms with Gasteiger partial charge < -0.3 is 19.7 Å². The zero-order valence-corrected chi connectivity index (χ0v) is 11.0. The first-order valence-electron chi connectivity index (χ1n) is 6.16. The Balaban J connectivity index is 1.83. The van der Waals surface area contributed by atoms with Gasteiger partial charge in [-0.3, -0.25) is 4.79 Å². The summed E-state index contributed by atoms with van der Waals surface area (Å²) in [6.07, 6.45) is 0.500. The zero-order chi connectivity index (χ0) is 14.0. The predicted octanol–water partition coefficient (Wildman–Crippen LogP) is 0.908. The Morgan fingerprint density at radius 2 is 2.26 bits per heavy atom. The second kappa shape index (κ2) is 5.29.